The Bertz CT molecular complexity index is 210. The molecule has 80 valence electrons. The molecule has 0 aromatic rings. The lowest BCUT2D eigenvalue weighted by atomic mass is 10.2. The van der Waals surface area contributed by atoms with Crippen LogP contribution in [0.25, 0.3) is 0 Å². The van der Waals surface area contributed by atoms with Crippen LogP contribution >= 0.6 is 0 Å². The monoisotopic (exact) mass is 198 g/mol. The van der Waals surface area contributed by atoms with Crippen LogP contribution < -0.4 is 11.5 Å². The number of hydrogen-bond donors (Lipinski definition) is 4. The van der Waals surface area contributed by atoms with Crippen molar-refractivity contribution in [2.75, 3.05) is 0 Å². The summed E-state index contributed by atoms with van der Waals surface area (Å²) in [5.41, 5.74) is 10.4. The van der Waals surface area contributed by atoms with Crippen molar-refractivity contribution in [1.82, 2.24) is 0 Å². The smallest absolute Gasteiger partial charge is 0.0927 e. The van der Waals surface area contributed by atoms with Crippen molar-refractivity contribution in [2.24, 2.45) is 21.7 Å². The molecule has 0 aliphatic heterocycles. The molecule has 6 heteroatoms. The Morgan fingerprint density at radius 1 is 1.00 bits per heavy atom. The summed E-state index contributed by atoms with van der Waals surface area (Å²) >= 11 is 0. The van der Waals surface area contributed by atoms with E-state index in [-0.39, 0.29) is 23.8 Å². The van der Waals surface area contributed by atoms with Crippen molar-refractivity contribution in [3.8, 4) is 0 Å². The van der Waals surface area contributed by atoms with Crippen molar-refractivity contribution < 1.29 is 0 Å². The van der Waals surface area contributed by atoms with Crippen LogP contribution in [0.5, 0.6) is 0 Å². The highest BCUT2D eigenvalue weighted by Gasteiger charge is 2.04. The van der Waals surface area contributed by atoms with E-state index in [0.29, 0.717) is 12.8 Å². The molecule has 0 aromatic carbocycles. The molecule has 0 saturated carbocycles. The maximum Gasteiger partial charge on any atom is 0.0927 e. The second kappa shape index (κ2) is 6.06. The van der Waals surface area contributed by atoms with Crippen molar-refractivity contribution in [2.45, 2.75) is 38.8 Å². The molecule has 6 nitrogen and oxygen atoms in total. The summed E-state index contributed by atoms with van der Waals surface area (Å²) in [7, 11) is 0. The molecule has 0 fully saturated rings. The average Bonchev–Trinajstić information content (AvgIpc) is 1.98. The number of nitrogens with zero attached hydrogens (tertiary/aromatic N) is 2. The minimum atomic E-state index is -0.0816. The van der Waals surface area contributed by atoms with Gasteiger partial charge >= 0.3 is 0 Å². The molecule has 0 radical (unpaired) electrons. The van der Waals surface area contributed by atoms with Crippen molar-refractivity contribution in [3.63, 3.8) is 0 Å². The first-order valence-corrected chi connectivity index (χ1v) is 4.47. The van der Waals surface area contributed by atoms with Gasteiger partial charge in [-0.3, -0.25) is 10.8 Å². The highest BCUT2D eigenvalue weighted by molar-refractivity contribution is 5.77. The van der Waals surface area contributed by atoms with Crippen LogP contribution in [0.15, 0.2) is 10.2 Å². The molecule has 0 aliphatic carbocycles. The van der Waals surface area contributed by atoms with Gasteiger partial charge in [-0.25, -0.2) is 0 Å². The second-order valence-electron chi connectivity index (χ2n) is 3.39. The van der Waals surface area contributed by atoms with E-state index in [1.54, 1.807) is 0 Å². The Labute approximate surface area is 83.8 Å². The Kier molecular flexibility index (Phi) is 5.43. The first-order valence-electron chi connectivity index (χ1n) is 4.47. The molecule has 2 unspecified atom stereocenters. The zero-order valence-corrected chi connectivity index (χ0v) is 8.62. The quantitative estimate of drug-likeness (QED) is 0.287. The lowest BCUT2D eigenvalue weighted by molar-refractivity contribution is 0.637. The van der Waals surface area contributed by atoms with Crippen LogP contribution in [0.4, 0.5) is 0 Å². The number of hydrogen-bond acceptors (Lipinski definition) is 4. The lowest BCUT2D eigenvalue weighted by Crippen LogP contribution is -2.17. The fourth-order valence-corrected chi connectivity index (χ4v) is 0.946. The molecule has 2 atom stereocenters. The Balaban J connectivity index is 3.90. The maximum absolute atomic E-state index is 7.05. The van der Waals surface area contributed by atoms with Crippen LogP contribution in [-0.2, 0) is 0 Å². The van der Waals surface area contributed by atoms with Gasteiger partial charge in [-0.15, -0.1) is 0 Å². The van der Waals surface area contributed by atoms with Crippen LogP contribution in [0.3, 0.4) is 0 Å². The molecule has 0 aliphatic rings. The largest absolute Gasteiger partial charge is 0.388 e. The van der Waals surface area contributed by atoms with Crippen molar-refractivity contribution in [3.05, 3.63) is 0 Å². The zero-order valence-electron chi connectivity index (χ0n) is 8.62. The van der Waals surface area contributed by atoms with Crippen LogP contribution in [0, 0.1) is 10.8 Å². The third kappa shape index (κ3) is 7.20. The summed E-state index contributed by atoms with van der Waals surface area (Å²) in [5.74, 6) is 0.214. The maximum atomic E-state index is 7.05. The first kappa shape index (κ1) is 12.5. The van der Waals surface area contributed by atoms with Crippen LogP contribution in [-0.4, -0.2) is 23.8 Å². The molecular weight excluding hydrogens is 180 g/mol. The van der Waals surface area contributed by atoms with Crippen molar-refractivity contribution >= 4 is 11.7 Å². The van der Waals surface area contributed by atoms with Crippen LogP contribution in [0.1, 0.15) is 26.7 Å². The van der Waals surface area contributed by atoms with Crippen molar-refractivity contribution in [1.29, 1.82) is 10.8 Å². The molecule has 0 amide bonds. The molecule has 0 heterocycles. The predicted octanol–water partition coefficient (Wildman–Crippen LogP) is 0.868. The second-order valence-corrected chi connectivity index (χ2v) is 3.39. The van der Waals surface area contributed by atoms with E-state index in [4.69, 9.17) is 22.3 Å². The van der Waals surface area contributed by atoms with E-state index >= 15 is 0 Å². The molecule has 6 N–H and O–H groups in total. The fraction of sp³-hybridized carbons (Fsp3) is 0.750. The Morgan fingerprint density at radius 2 is 1.29 bits per heavy atom. The number of azo groups is 1. The summed E-state index contributed by atoms with van der Waals surface area (Å²) in [5, 5.41) is 22.0. The molecule has 14 heavy (non-hydrogen) atoms. The highest BCUT2D eigenvalue weighted by Crippen LogP contribution is 2.02. The molecule has 0 saturated heterocycles. The van der Waals surface area contributed by atoms with E-state index in [1.807, 2.05) is 13.8 Å². The summed E-state index contributed by atoms with van der Waals surface area (Å²) < 4.78 is 0. The molecule has 0 rings (SSSR count). The molecular formula is C8H18N6. The third-order valence-corrected chi connectivity index (χ3v) is 1.49. The van der Waals surface area contributed by atoms with E-state index in [2.05, 4.69) is 10.2 Å². The van der Waals surface area contributed by atoms with Gasteiger partial charge in [0.2, 0.25) is 0 Å². The average molecular weight is 198 g/mol. The standard InChI is InChI=1S/C8H18N6/c1-5(3-7(9)10)13-14-6(2)4-8(11)12/h5-6H,3-4H2,1-2H3,(H3,9,10)(H3,11,12)/b14-13+. The topological polar surface area (TPSA) is 124 Å². The fourth-order valence-electron chi connectivity index (χ4n) is 0.946. The van der Waals surface area contributed by atoms with E-state index in [0.717, 1.165) is 0 Å². The predicted molar refractivity (Wildman–Crippen MR) is 56.8 cm³/mol. The van der Waals surface area contributed by atoms with Gasteiger partial charge in [0.1, 0.15) is 0 Å². The van der Waals surface area contributed by atoms with E-state index < -0.39 is 0 Å². The molecule has 0 bridgehead atoms. The van der Waals surface area contributed by atoms with Gasteiger partial charge in [-0.05, 0) is 13.8 Å². The summed E-state index contributed by atoms with van der Waals surface area (Å²) in [6, 6.07) is -0.163. The highest BCUT2D eigenvalue weighted by atomic mass is 15.1. The SMILES string of the molecule is CC(CC(=N)N)/N=N/C(C)CC(=N)N. The minimum Gasteiger partial charge on any atom is -0.388 e. The van der Waals surface area contributed by atoms with Gasteiger partial charge in [-0.2, -0.15) is 10.2 Å². The normalized spacial score (nSPS) is 15.3. The minimum absolute atomic E-state index is 0.0816. The molecule has 0 aromatic heterocycles. The summed E-state index contributed by atoms with van der Waals surface area (Å²) in [6.45, 7) is 3.68. The Morgan fingerprint density at radius 3 is 1.50 bits per heavy atom. The number of rotatable bonds is 6. The summed E-state index contributed by atoms with van der Waals surface area (Å²) in [4.78, 5) is 0. The van der Waals surface area contributed by atoms with Gasteiger partial charge in [0, 0.05) is 12.8 Å². The molecule has 0 spiro atoms. The zero-order chi connectivity index (χ0) is 11.1. The van der Waals surface area contributed by atoms with Gasteiger partial charge in [0.25, 0.3) is 0 Å². The van der Waals surface area contributed by atoms with Gasteiger partial charge < -0.3 is 11.5 Å². The van der Waals surface area contributed by atoms with Gasteiger partial charge in [0.15, 0.2) is 0 Å². The van der Waals surface area contributed by atoms with Gasteiger partial charge in [0.05, 0.1) is 23.8 Å². The van der Waals surface area contributed by atoms with E-state index in [1.165, 1.54) is 0 Å². The lowest BCUT2D eigenvalue weighted by Gasteiger charge is -2.06. The van der Waals surface area contributed by atoms with Crippen LogP contribution in [0.2, 0.25) is 0 Å². The Hall–Kier alpha value is -1.46. The third-order valence-electron chi connectivity index (χ3n) is 1.49. The first-order chi connectivity index (χ1) is 6.41. The summed E-state index contributed by atoms with van der Waals surface area (Å²) in [6.07, 6.45) is 0.826. The number of amidine groups is 2. The van der Waals surface area contributed by atoms with Gasteiger partial charge in [-0.1, -0.05) is 0 Å². The number of nitrogens with two attached hydrogens (primary N) is 2. The number of nitrogens with one attached hydrogen (secondary N) is 2. The van der Waals surface area contributed by atoms with E-state index in [9.17, 15) is 0 Å².